The summed E-state index contributed by atoms with van der Waals surface area (Å²) in [4.78, 5) is 40.9. The van der Waals surface area contributed by atoms with Crippen molar-refractivity contribution in [3.63, 3.8) is 0 Å². The van der Waals surface area contributed by atoms with E-state index in [4.69, 9.17) is 4.74 Å². The topological polar surface area (TPSA) is 86.4 Å². The Kier molecular flexibility index (Phi) is 5.21. The van der Waals surface area contributed by atoms with Crippen molar-refractivity contribution in [1.82, 2.24) is 19.2 Å². The summed E-state index contributed by atoms with van der Waals surface area (Å²) in [7, 11) is 1.60. The molecule has 0 bridgehead atoms. The molecule has 0 unspecified atom stereocenters. The van der Waals surface area contributed by atoms with Crippen LogP contribution in [0.4, 0.5) is 0 Å². The van der Waals surface area contributed by atoms with Gasteiger partial charge in [-0.15, -0.1) is 11.3 Å². The smallest absolute Gasteiger partial charge is 0.332 e. The molecule has 0 atom stereocenters. The maximum Gasteiger partial charge on any atom is 0.332 e. The highest BCUT2D eigenvalue weighted by Gasteiger charge is 2.45. The summed E-state index contributed by atoms with van der Waals surface area (Å²) >= 11 is 1.45. The highest BCUT2D eigenvalue weighted by Crippen LogP contribution is 2.41. The number of carbonyl (C=O) groups excluding carboxylic acids is 1. The van der Waals surface area contributed by atoms with E-state index in [1.165, 1.54) is 16.0 Å². The van der Waals surface area contributed by atoms with E-state index in [1.54, 1.807) is 11.7 Å². The molecule has 0 radical (unpaired) electrons. The van der Waals surface area contributed by atoms with E-state index in [2.05, 4.69) is 5.10 Å². The quantitative estimate of drug-likeness (QED) is 0.566. The third-order valence-corrected chi connectivity index (χ3v) is 7.51. The van der Waals surface area contributed by atoms with Crippen LogP contribution in [0.2, 0.25) is 0 Å². The van der Waals surface area contributed by atoms with Gasteiger partial charge in [-0.2, -0.15) is 5.10 Å². The van der Waals surface area contributed by atoms with Crippen LogP contribution < -0.4 is 15.9 Å². The highest BCUT2D eigenvalue weighted by molar-refractivity contribution is 7.12. The number of hydrogen-bond donors (Lipinski definition) is 0. The number of hydrogen-bond acceptors (Lipinski definition) is 6. The van der Waals surface area contributed by atoms with Gasteiger partial charge >= 0.3 is 11.1 Å². The Bertz CT molecular complexity index is 1250. The Balaban J connectivity index is 1.41. The maximum absolute atomic E-state index is 12.8. The number of thiophene rings is 1. The van der Waals surface area contributed by atoms with Crippen LogP contribution in [0.5, 0.6) is 5.75 Å². The van der Waals surface area contributed by atoms with E-state index in [1.807, 2.05) is 46.7 Å². The fourth-order valence-corrected chi connectivity index (χ4v) is 5.44. The van der Waals surface area contributed by atoms with Gasteiger partial charge in [-0.25, -0.2) is 4.68 Å². The van der Waals surface area contributed by atoms with E-state index in [0.29, 0.717) is 25.5 Å². The van der Waals surface area contributed by atoms with E-state index in [0.717, 1.165) is 35.5 Å². The third-order valence-electron chi connectivity index (χ3n) is 6.65. The van der Waals surface area contributed by atoms with E-state index in [9.17, 15) is 14.4 Å². The molecule has 1 fully saturated rings. The summed E-state index contributed by atoms with van der Waals surface area (Å²) in [5.74, 6) is 1.47. The number of nitrogens with zero attached hydrogens (tertiary/aromatic N) is 4. The van der Waals surface area contributed by atoms with Crippen LogP contribution in [0, 0.1) is 0 Å². The molecule has 9 heteroatoms. The predicted octanol–water partition coefficient (Wildman–Crippen LogP) is 2.10. The number of aromatic nitrogens is 3. The lowest BCUT2D eigenvalue weighted by atomic mass is 9.76. The van der Waals surface area contributed by atoms with Crippen molar-refractivity contribution >= 4 is 17.2 Å². The number of rotatable bonds is 4. The molecular formula is C23H24N4O4S. The molecule has 0 aliphatic carbocycles. The molecule has 1 aromatic carbocycles. The van der Waals surface area contributed by atoms with Gasteiger partial charge in [0, 0.05) is 25.0 Å². The summed E-state index contributed by atoms with van der Waals surface area (Å²) in [6.07, 6.45) is 2.23. The Morgan fingerprint density at radius 3 is 2.44 bits per heavy atom. The lowest BCUT2D eigenvalue weighted by Gasteiger charge is -2.38. The zero-order valence-corrected chi connectivity index (χ0v) is 18.6. The van der Waals surface area contributed by atoms with Crippen molar-refractivity contribution < 1.29 is 9.53 Å². The Hall–Kier alpha value is -3.20. The van der Waals surface area contributed by atoms with E-state index in [-0.39, 0.29) is 17.9 Å². The summed E-state index contributed by atoms with van der Waals surface area (Å²) in [5, 5.41) is 6.59. The molecule has 2 aliphatic rings. The number of ether oxygens (including phenoxy) is 1. The van der Waals surface area contributed by atoms with Gasteiger partial charge in [0.15, 0.2) is 0 Å². The first-order valence-electron chi connectivity index (χ1n) is 10.7. The Morgan fingerprint density at radius 1 is 1.06 bits per heavy atom. The van der Waals surface area contributed by atoms with Crippen LogP contribution >= 0.6 is 11.3 Å². The number of amides is 1. The van der Waals surface area contributed by atoms with Crippen molar-refractivity contribution in [1.29, 1.82) is 0 Å². The number of carbonyl (C=O) groups is 1. The number of piperidine rings is 1. The van der Waals surface area contributed by atoms with Crippen molar-refractivity contribution in [2.24, 2.45) is 0 Å². The molecule has 3 aromatic rings. The molecule has 0 saturated carbocycles. The third kappa shape index (κ3) is 3.46. The largest absolute Gasteiger partial charge is 0.497 e. The first kappa shape index (κ1) is 20.7. The Labute approximate surface area is 188 Å². The average molecular weight is 453 g/mol. The van der Waals surface area contributed by atoms with Gasteiger partial charge in [-0.3, -0.25) is 19.0 Å². The zero-order valence-electron chi connectivity index (χ0n) is 17.8. The van der Waals surface area contributed by atoms with Crippen molar-refractivity contribution in [3.8, 4) is 5.75 Å². The van der Waals surface area contributed by atoms with Crippen LogP contribution in [0.3, 0.4) is 0 Å². The molecule has 5 rings (SSSR count). The number of benzene rings is 1. The SMILES string of the molecule is COc1ccc(Cn2nc3n(c(=O)c2=O)CCC32CCN(C(=O)c3cccs3)CC2)cc1. The Morgan fingerprint density at radius 2 is 1.78 bits per heavy atom. The number of fused-ring (bicyclic) bond motifs is 2. The normalized spacial score (nSPS) is 16.8. The highest BCUT2D eigenvalue weighted by atomic mass is 32.1. The molecule has 1 spiro atoms. The van der Waals surface area contributed by atoms with Crippen LogP contribution in [0.25, 0.3) is 0 Å². The van der Waals surface area contributed by atoms with Gasteiger partial charge in [-0.1, -0.05) is 18.2 Å². The monoisotopic (exact) mass is 452 g/mol. The fourth-order valence-electron chi connectivity index (χ4n) is 4.75. The van der Waals surface area contributed by atoms with Crippen LogP contribution in [0.1, 0.15) is 40.3 Å². The van der Waals surface area contributed by atoms with Crippen LogP contribution in [0.15, 0.2) is 51.4 Å². The van der Waals surface area contributed by atoms with Crippen molar-refractivity contribution in [2.75, 3.05) is 20.2 Å². The maximum atomic E-state index is 12.8. The lowest BCUT2D eigenvalue weighted by molar-refractivity contribution is 0.0667. The molecule has 166 valence electrons. The van der Waals surface area contributed by atoms with Crippen molar-refractivity contribution in [2.45, 2.75) is 37.8 Å². The van der Waals surface area contributed by atoms with Gasteiger partial charge in [0.2, 0.25) is 0 Å². The summed E-state index contributed by atoms with van der Waals surface area (Å²) < 4.78 is 8.01. The van der Waals surface area contributed by atoms with E-state index < -0.39 is 11.1 Å². The minimum atomic E-state index is -0.605. The number of methoxy groups -OCH3 is 1. The molecular weight excluding hydrogens is 428 g/mol. The minimum absolute atomic E-state index is 0.0580. The van der Waals surface area contributed by atoms with Crippen LogP contribution in [-0.2, 0) is 18.5 Å². The standard InChI is InChI=1S/C23H24N4O4S/c1-31-17-6-4-16(5-7-17)15-27-21(30)20(29)26-13-10-23(22(26)24-27)8-11-25(12-9-23)19(28)18-3-2-14-32-18/h2-7,14H,8-13,15H2,1H3. The van der Waals surface area contributed by atoms with Crippen molar-refractivity contribution in [3.05, 3.63) is 78.8 Å². The molecule has 8 nitrogen and oxygen atoms in total. The first-order valence-corrected chi connectivity index (χ1v) is 11.6. The van der Waals surface area contributed by atoms with Gasteiger partial charge < -0.3 is 9.64 Å². The number of likely N-dealkylation sites (tertiary alicyclic amines) is 1. The average Bonchev–Trinajstić information content (AvgIpc) is 3.47. The van der Waals surface area contributed by atoms with Gasteiger partial charge in [-0.05, 0) is 48.4 Å². The van der Waals surface area contributed by atoms with Crippen LogP contribution in [-0.4, -0.2) is 45.4 Å². The second-order valence-corrected chi connectivity index (χ2v) is 9.34. The molecule has 2 aliphatic heterocycles. The van der Waals surface area contributed by atoms with Gasteiger partial charge in [0.05, 0.1) is 18.5 Å². The summed E-state index contributed by atoms with van der Waals surface area (Å²) in [6.45, 7) is 1.96. The molecule has 32 heavy (non-hydrogen) atoms. The van der Waals surface area contributed by atoms with E-state index >= 15 is 0 Å². The summed E-state index contributed by atoms with van der Waals surface area (Å²) in [6, 6.07) is 11.1. The first-order chi connectivity index (χ1) is 15.5. The molecule has 1 saturated heterocycles. The molecule has 1 amide bonds. The zero-order chi connectivity index (χ0) is 22.3. The molecule has 2 aromatic heterocycles. The minimum Gasteiger partial charge on any atom is -0.497 e. The van der Waals surface area contributed by atoms with Gasteiger partial charge in [0.25, 0.3) is 5.91 Å². The second kappa shape index (κ2) is 8.05. The predicted molar refractivity (Wildman–Crippen MR) is 121 cm³/mol. The summed E-state index contributed by atoms with van der Waals surface area (Å²) in [5.41, 5.74) is -0.529. The molecule has 0 N–H and O–H groups in total. The van der Waals surface area contributed by atoms with Gasteiger partial charge in [0.1, 0.15) is 11.6 Å². The second-order valence-electron chi connectivity index (χ2n) is 8.39. The molecule has 4 heterocycles. The fraction of sp³-hybridized carbons (Fsp3) is 0.391. The lowest BCUT2D eigenvalue weighted by Crippen LogP contribution is -2.48.